The third kappa shape index (κ3) is 8.82. The molecular formula is C20H23F2N2O5P. The molecule has 30 heavy (non-hydrogen) atoms. The van der Waals surface area contributed by atoms with Gasteiger partial charge >= 0.3 is 8.25 Å². The first-order chi connectivity index (χ1) is 14.2. The molecule has 0 spiro atoms. The molecule has 0 saturated carbocycles. The van der Waals surface area contributed by atoms with Crippen LogP contribution >= 0.6 is 8.25 Å². The number of benzene rings is 2. The minimum atomic E-state index is -3.16. The molecule has 2 amide bonds. The smallest absolute Gasteiger partial charge is 0.323 e. The molecule has 2 aromatic carbocycles. The van der Waals surface area contributed by atoms with E-state index >= 15 is 0 Å². The van der Waals surface area contributed by atoms with Crippen LogP contribution in [-0.4, -0.2) is 24.3 Å². The highest BCUT2D eigenvalue weighted by Gasteiger charge is 2.20. The molecule has 162 valence electrons. The van der Waals surface area contributed by atoms with E-state index in [1.807, 2.05) is 0 Å². The minimum absolute atomic E-state index is 0.127. The summed E-state index contributed by atoms with van der Waals surface area (Å²) in [6.07, 6.45) is -1.71. The fourth-order valence-corrected chi connectivity index (χ4v) is 3.43. The highest BCUT2D eigenvalue weighted by atomic mass is 31.1. The van der Waals surface area contributed by atoms with Gasteiger partial charge in [0.25, 0.3) is 0 Å². The van der Waals surface area contributed by atoms with Gasteiger partial charge in [0.1, 0.15) is 24.1 Å². The van der Waals surface area contributed by atoms with Crippen molar-refractivity contribution >= 4 is 20.1 Å². The van der Waals surface area contributed by atoms with Crippen molar-refractivity contribution in [3.63, 3.8) is 0 Å². The normalized spacial score (nSPS) is 13.9. The molecule has 2 aromatic rings. The lowest BCUT2D eigenvalue weighted by molar-refractivity contribution is -0.121. The first-order valence-corrected chi connectivity index (χ1v) is 10.3. The number of carbonyl (C=O) groups excluding carboxylic acids is 2. The van der Waals surface area contributed by atoms with Crippen molar-refractivity contribution in [2.45, 2.75) is 39.1 Å². The van der Waals surface area contributed by atoms with Crippen LogP contribution in [0.3, 0.4) is 0 Å². The molecule has 0 radical (unpaired) electrons. The van der Waals surface area contributed by atoms with Gasteiger partial charge in [-0.15, -0.1) is 0 Å². The van der Waals surface area contributed by atoms with Crippen molar-refractivity contribution < 1.29 is 32.0 Å². The molecule has 0 fully saturated rings. The van der Waals surface area contributed by atoms with Gasteiger partial charge in [-0.1, -0.05) is 24.3 Å². The Bertz CT molecular complexity index is 806. The fourth-order valence-electron chi connectivity index (χ4n) is 2.63. The largest absolute Gasteiger partial charge is 0.330 e. The number of hydrogen-bond acceptors (Lipinski definition) is 5. The molecule has 2 unspecified atom stereocenters. The first kappa shape index (κ1) is 23.7. The molecule has 0 bridgehead atoms. The van der Waals surface area contributed by atoms with Gasteiger partial charge in [0.15, 0.2) is 0 Å². The van der Waals surface area contributed by atoms with E-state index in [1.165, 1.54) is 62.4 Å². The molecule has 0 aliphatic rings. The lowest BCUT2D eigenvalue weighted by Crippen LogP contribution is -2.38. The topological polar surface area (TPSA) is 93.7 Å². The Balaban J connectivity index is 2.03. The zero-order valence-electron chi connectivity index (χ0n) is 16.5. The van der Waals surface area contributed by atoms with E-state index in [0.29, 0.717) is 11.1 Å². The Morgan fingerprint density at radius 1 is 0.800 bits per heavy atom. The van der Waals surface area contributed by atoms with Crippen molar-refractivity contribution in [1.82, 2.24) is 10.6 Å². The number of halogens is 2. The molecule has 7 nitrogen and oxygen atoms in total. The SMILES string of the molecule is CC(=O)NC(Cc1ccc(F)cc1)O[PH](=O)OC(Cc1ccc(F)cc1)NC(C)=O. The van der Waals surface area contributed by atoms with Gasteiger partial charge in [0, 0.05) is 26.7 Å². The zero-order valence-corrected chi connectivity index (χ0v) is 17.5. The molecule has 0 aromatic heterocycles. The summed E-state index contributed by atoms with van der Waals surface area (Å²) in [5.41, 5.74) is 1.30. The monoisotopic (exact) mass is 440 g/mol. The Kier molecular flexibility index (Phi) is 9.11. The summed E-state index contributed by atoms with van der Waals surface area (Å²) < 4.78 is 49.3. The van der Waals surface area contributed by atoms with Crippen molar-refractivity contribution in [3.8, 4) is 0 Å². The maximum absolute atomic E-state index is 13.1. The van der Waals surface area contributed by atoms with E-state index in [0.717, 1.165) is 0 Å². The summed E-state index contributed by atoms with van der Waals surface area (Å²) in [4.78, 5) is 22.9. The lowest BCUT2D eigenvalue weighted by atomic mass is 10.1. The van der Waals surface area contributed by atoms with Crippen molar-refractivity contribution in [1.29, 1.82) is 0 Å². The molecule has 0 saturated heterocycles. The summed E-state index contributed by atoms with van der Waals surface area (Å²) >= 11 is 0. The van der Waals surface area contributed by atoms with Gasteiger partial charge in [-0.25, -0.2) is 8.78 Å². The Morgan fingerprint density at radius 2 is 1.13 bits per heavy atom. The van der Waals surface area contributed by atoms with Crippen molar-refractivity contribution in [2.75, 3.05) is 0 Å². The summed E-state index contributed by atoms with van der Waals surface area (Å²) in [7, 11) is -3.16. The van der Waals surface area contributed by atoms with E-state index in [2.05, 4.69) is 10.6 Å². The molecular weight excluding hydrogens is 417 g/mol. The molecule has 0 aliphatic heterocycles. The summed E-state index contributed by atoms with van der Waals surface area (Å²) in [6.45, 7) is 2.54. The van der Waals surface area contributed by atoms with Crippen LogP contribution in [0, 0.1) is 11.6 Å². The van der Waals surface area contributed by atoms with Crippen LogP contribution in [0.2, 0.25) is 0 Å². The molecule has 0 heterocycles. The lowest BCUT2D eigenvalue weighted by Gasteiger charge is -2.22. The summed E-state index contributed by atoms with van der Waals surface area (Å²) in [5, 5.41) is 5.01. The van der Waals surface area contributed by atoms with Crippen LogP contribution < -0.4 is 10.6 Å². The third-order valence-electron chi connectivity index (χ3n) is 3.87. The maximum Gasteiger partial charge on any atom is 0.323 e. The second-order valence-corrected chi connectivity index (χ2v) is 7.50. The van der Waals surface area contributed by atoms with Gasteiger partial charge in [-0.2, -0.15) is 0 Å². The average Bonchev–Trinajstić information content (AvgIpc) is 2.64. The van der Waals surface area contributed by atoms with Gasteiger partial charge in [0.2, 0.25) is 11.8 Å². The third-order valence-corrected chi connectivity index (χ3v) is 4.83. The second-order valence-electron chi connectivity index (χ2n) is 6.53. The highest BCUT2D eigenvalue weighted by Crippen LogP contribution is 2.29. The van der Waals surface area contributed by atoms with Crippen LogP contribution in [0.15, 0.2) is 48.5 Å². The molecule has 0 aliphatic carbocycles. The molecule has 2 N–H and O–H groups in total. The first-order valence-electron chi connectivity index (χ1n) is 9.11. The van der Waals surface area contributed by atoms with E-state index in [4.69, 9.17) is 9.05 Å². The number of rotatable bonds is 10. The molecule has 10 heteroatoms. The summed E-state index contributed by atoms with van der Waals surface area (Å²) in [5.74, 6) is -1.65. The van der Waals surface area contributed by atoms with Crippen LogP contribution in [0.5, 0.6) is 0 Å². The standard InChI is InChI=1S/C20H23F2N2O5P/c1-13(25)23-19(11-15-3-7-17(21)8-4-15)28-30(27)29-20(24-14(2)26)12-16-5-9-18(22)10-6-16/h3-10,19-20,30H,11-12H2,1-2H3,(H,23,25)(H,24,26). The van der Waals surface area contributed by atoms with Crippen molar-refractivity contribution in [2.24, 2.45) is 0 Å². The predicted octanol–water partition coefficient (Wildman–Crippen LogP) is 3.10. The van der Waals surface area contributed by atoms with Gasteiger partial charge in [-0.05, 0) is 35.4 Å². The van der Waals surface area contributed by atoms with Gasteiger partial charge in [0.05, 0.1) is 0 Å². The van der Waals surface area contributed by atoms with Crippen LogP contribution in [0.4, 0.5) is 8.78 Å². The van der Waals surface area contributed by atoms with Crippen molar-refractivity contribution in [3.05, 3.63) is 71.3 Å². The van der Waals surface area contributed by atoms with Crippen LogP contribution in [-0.2, 0) is 36.0 Å². The number of hydrogen-bond donors (Lipinski definition) is 2. The Morgan fingerprint density at radius 3 is 1.43 bits per heavy atom. The number of nitrogens with one attached hydrogen (secondary N) is 2. The highest BCUT2D eigenvalue weighted by molar-refractivity contribution is 7.33. The zero-order chi connectivity index (χ0) is 22.1. The minimum Gasteiger partial charge on any atom is -0.330 e. The van der Waals surface area contributed by atoms with Crippen LogP contribution in [0.25, 0.3) is 0 Å². The Hall–Kier alpha value is -2.61. The van der Waals surface area contributed by atoms with E-state index in [9.17, 15) is 22.9 Å². The fraction of sp³-hybridized carbons (Fsp3) is 0.300. The number of amides is 2. The van der Waals surface area contributed by atoms with E-state index in [1.54, 1.807) is 0 Å². The molecule has 2 rings (SSSR count). The summed E-state index contributed by atoms with van der Waals surface area (Å²) in [6, 6.07) is 11.1. The Labute approximate surface area is 173 Å². The van der Waals surface area contributed by atoms with Crippen LogP contribution in [0.1, 0.15) is 25.0 Å². The quantitative estimate of drug-likeness (QED) is 0.438. The van der Waals surface area contributed by atoms with Gasteiger partial charge in [-0.3, -0.25) is 23.2 Å². The van der Waals surface area contributed by atoms with E-state index < -0.39 is 44.2 Å². The van der Waals surface area contributed by atoms with E-state index in [-0.39, 0.29) is 12.8 Å². The number of carbonyl (C=O) groups is 2. The second kappa shape index (κ2) is 11.5. The average molecular weight is 440 g/mol. The maximum atomic E-state index is 13.1. The van der Waals surface area contributed by atoms with Gasteiger partial charge < -0.3 is 10.6 Å². The molecule has 2 atom stereocenters. The predicted molar refractivity (Wildman–Crippen MR) is 107 cm³/mol.